The number of rotatable bonds is 8. The van der Waals surface area contributed by atoms with Gasteiger partial charge in [0, 0.05) is 28.3 Å². The first kappa shape index (κ1) is 23.6. The number of anilines is 1. The van der Waals surface area contributed by atoms with Gasteiger partial charge in [-0.2, -0.15) is 0 Å². The quantitative estimate of drug-likeness (QED) is 0.466. The molecule has 3 aliphatic carbocycles. The van der Waals surface area contributed by atoms with E-state index in [2.05, 4.69) is 20.5 Å². The number of amides is 1. The van der Waals surface area contributed by atoms with Crippen LogP contribution in [0, 0.1) is 23.6 Å². The van der Waals surface area contributed by atoms with Crippen molar-refractivity contribution in [1.29, 1.82) is 0 Å². The Bertz CT molecular complexity index is 1280. The number of ether oxygens (including phenoxy) is 2. The molecule has 2 N–H and O–H groups in total. The summed E-state index contributed by atoms with van der Waals surface area (Å²) in [5.74, 6) is -0.682. The number of nitrogens with one attached hydrogen (secondary N) is 1. The monoisotopic (exact) mass is 498 g/mol. The number of benzene rings is 1. The van der Waals surface area contributed by atoms with Gasteiger partial charge in [0.25, 0.3) is 11.1 Å². The third kappa shape index (κ3) is 4.04. The SMILES string of the molecule is COc1cccc(F)c1-c1cc(C)ncc1C(=O)Nc1nnc(OCC23CC(C(C)(C)O)(C2)C3)s1. The highest BCUT2D eigenvalue weighted by molar-refractivity contribution is 7.17. The average Bonchev–Trinajstić information content (AvgIpc) is 3.17. The number of halogens is 1. The number of aliphatic hydroxyl groups is 1. The second-order valence-electron chi connectivity index (χ2n) is 10.2. The number of methoxy groups -OCH3 is 1. The number of carbonyl (C=O) groups is 1. The Kier molecular flexibility index (Phi) is 5.56. The molecule has 2 aromatic heterocycles. The van der Waals surface area contributed by atoms with Crippen LogP contribution < -0.4 is 14.8 Å². The van der Waals surface area contributed by atoms with E-state index in [4.69, 9.17) is 9.47 Å². The Morgan fingerprint density at radius 3 is 2.71 bits per heavy atom. The van der Waals surface area contributed by atoms with E-state index in [0.717, 1.165) is 30.6 Å². The van der Waals surface area contributed by atoms with Crippen LogP contribution >= 0.6 is 11.3 Å². The maximum atomic E-state index is 14.8. The van der Waals surface area contributed by atoms with Gasteiger partial charge < -0.3 is 14.6 Å². The summed E-state index contributed by atoms with van der Waals surface area (Å²) in [4.78, 5) is 17.3. The molecular weight excluding hydrogens is 471 g/mol. The van der Waals surface area contributed by atoms with E-state index in [1.54, 1.807) is 25.1 Å². The minimum absolute atomic E-state index is 0.0112. The van der Waals surface area contributed by atoms with Gasteiger partial charge in [-0.25, -0.2) is 4.39 Å². The van der Waals surface area contributed by atoms with Gasteiger partial charge in [-0.05, 0) is 69.6 Å². The van der Waals surface area contributed by atoms with Crippen molar-refractivity contribution >= 4 is 22.4 Å². The van der Waals surface area contributed by atoms with Crippen LogP contribution in [0.1, 0.15) is 49.2 Å². The minimum Gasteiger partial charge on any atom is -0.496 e. The largest absolute Gasteiger partial charge is 0.496 e. The molecule has 0 aliphatic heterocycles. The van der Waals surface area contributed by atoms with Crippen LogP contribution in [0.5, 0.6) is 10.9 Å². The smallest absolute Gasteiger partial charge is 0.295 e. The van der Waals surface area contributed by atoms with Gasteiger partial charge in [-0.15, -0.1) is 5.10 Å². The molecule has 3 aliphatic rings. The molecule has 35 heavy (non-hydrogen) atoms. The molecule has 0 unspecified atom stereocenters. The Balaban J connectivity index is 1.28. The van der Waals surface area contributed by atoms with Crippen LogP contribution in [-0.2, 0) is 0 Å². The molecule has 0 saturated heterocycles. The highest BCUT2D eigenvalue weighted by Gasteiger charge is 2.72. The maximum Gasteiger partial charge on any atom is 0.295 e. The van der Waals surface area contributed by atoms with Crippen LogP contribution in [0.2, 0.25) is 0 Å². The summed E-state index contributed by atoms with van der Waals surface area (Å²) in [5.41, 5.74) is 0.805. The number of aryl methyl sites for hydroxylation is 1. The third-order valence-corrected chi connectivity index (χ3v) is 8.07. The van der Waals surface area contributed by atoms with Crippen LogP contribution in [-0.4, -0.2) is 45.5 Å². The van der Waals surface area contributed by atoms with Gasteiger partial charge in [0.15, 0.2) is 0 Å². The van der Waals surface area contributed by atoms with Crippen LogP contribution in [0.15, 0.2) is 30.5 Å². The fourth-order valence-corrected chi connectivity index (χ4v) is 5.97. The van der Waals surface area contributed by atoms with E-state index in [1.165, 1.54) is 19.4 Å². The van der Waals surface area contributed by atoms with Gasteiger partial charge in [0.05, 0.1) is 30.4 Å². The standard InChI is InChI=1S/C25H27FN4O4S/c1-14-8-15(19-17(26)6-5-7-18(19)33-4)16(9-27-14)20(31)28-21-29-30-22(35-21)34-13-24-10-25(11-24,12-24)23(2,3)32/h5-9,32H,10-13H2,1-4H3,(H,28,29,31). The van der Waals surface area contributed by atoms with Crippen molar-refractivity contribution in [2.24, 2.45) is 10.8 Å². The van der Waals surface area contributed by atoms with Crippen LogP contribution in [0.4, 0.5) is 9.52 Å². The predicted molar refractivity (Wildman–Crippen MR) is 129 cm³/mol. The van der Waals surface area contributed by atoms with Crippen molar-refractivity contribution in [1.82, 2.24) is 15.2 Å². The van der Waals surface area contributed by atoms with E-state index in [0.29, 0.717) is 28.8 Å². The molecule has 8 nitrogen and oxygen atoms in total. The lowest BCUT2D eigenvalue weighted by atomic mass is 9.31. The molecule has 184 valence electrons. The first-order chi connectivity index (χ1) is 16.5. The van der Waals surface area contributed by atoms with Crippen molar-refractivity contribution in [3.63, 3.8) is 0 Å². The summed E-state index contributed by atoms with van der Waals surface area (Å²) in [6, 6.07) is 6.15. The molecule has 0 atom stereocenters. The fraction of sp³-hybridized carbons (Fsp3) is 0.440. The number of nitrogens with zero attached hydrogens (tertiary/aromatic N) is 3. The molecule has 2 heterocycles. The number of hydrogen-bond donors (Lipinski definition) is 2. The predicted octanol–water partition coefficient (Wildman–Crippen LogP) is 4.63. The van der Waals surface area contributed by atoms with E-state index >= 15 is 0 Å². The number of aromatic nitrogens is 3. The molecule has 2 bridgehead atoms. The second kappa shape index (κ2) is 8.23. The van der Waals surface area contributed by atoms with Crippen molar-refractivity contribution in [2.45, 2.75) is 45.6 Å². The lowest BCUT2D eigenvalue weighted by Gasteiger charge is -2.74. The summed E-state index contributed by atoms with van der Waals surface area (Å²) in [6.45, 7) is 6.01. The lowest BCUT2D eigenvalue weighted by molar-refractivity contribution is -0.294. The summed E-state index contributed by atoms with van der Waals surface area (Å²) in [6.07, 6.45) is 4.23. The van der Waals surface area contributed by atoms with Crippen molar-refractivity contribution < 1.29 is 23.8 Å². The molecule has 10 heteroatoms. The highest BCUT2D eigenvalue weighted by atomic mass is 32.1. The molecule has 3 aromatic rings. The van der Waals surface area contributed by atoms with Gasteiger partial charge in [-0.3, -0.25) is 15.1 Å². The summed E-state index contributed by atoms with van der Waals surface area (Å²) in [5, 5.41) is 21.7. The van der Waals surface area contributed by atoms with Gasteiger partial charge in [0.1, 0.15) is 11.6 Å². The van der Waals surface area contributed by atoms with Gasteiger partial charge >= 0.3 is 0 Å². The summed E-state index contributed by atoms with van der Waals surface area (Å²) in [7, 11) is 1.45. The Hall–Kier alpha value is -3.11. The molecular formula is C25H27FN4O4S. The average molecular weight is 499 g/mol. The van der Waals surface area contributed by atoms with Gasteiger partial charge in [-0.1, -0.05) is 11.2 Å². The minimum atomic E-state index is -0.675. The fourth-order valence-electron chi connectivity index (χ4n) is 5.38. The third-order valence-electron chi connectivity index (χ3n) is 7.32. The topological polar surface area (TPSA) is 106 Å². The molecule has 1 aromatic carbocycles. The van der Waals surface area contributed by atoms with Crippen LogP contribution in [0.3, 0.4) is 0 Å². The van der Waals surface area contributed by atoms with E-state index in [9.17, 15) is 14.3 Å². The number of pyridine rings is 1. The zero-order chi connectivity index (χ0) is 25.0. The van der Waals surface area contributed by atoms with Crippen LogP contribution in [0.25, 0.3) is 11.1 Å². The Morgan fingerprint density at radius 2 is 2.03 bits per heavy atom. The van der Waals surface area contributed by atoms with E-state index in [-0.39, 0.29) is 27.1 Å². The number of carbonyl (C=O) groups excluding carboxylic acids is 1. The Labute approximate surface area is 206 Å². The molecule has 3 saturated carbocycles. The van der Waals surface area contributed by atoms with E-state index in [1.807, 2.05) is 13.8 Å². The molecule has 0 spiro atoms. The first-order valence-corrected chi connectivity index (χ1v) is 12.2. The zero-order valence-corrected chi connectivity index (χ0v) is 20.8. The normalized spacial score (nSPS) is 22.7. The van der Waals surface area contributed by atoms with Crippen molar-refractivity contribution in [3.8, 4) is 22.1 Å². The lowest BCUT2D eigenvalue weighted by Crippen LogP contribution is -2.71. The molecule has 0 radical (unpaired) electrons. The summed E-state index contributed by atoms with van der Waals surface area (Å²) >= 11 is 1.12. The van der Waals surface area contributed by atoms with Crippen molar-refractivity contribution in [3.05, 3.63) is 47.5 Å². The second-order valence-corrected chi connectivity index (χ2v) is 11.1. The Morgan fingerprint density at radius 1 is 1.29 bits per heavy atom. The van der Waals surface area contributed by atoms with E-state index < -0.39 is 17.3 Å². The molecule has 6 rings (SSSR count). The molecule has 1 amide bonds. The molecule has 3 fully saturated rings. The zero-order valence-electron chi connectivity index (χ0n) is 20.0. The number of hydrogen-bond acceptors (Lipinski definition) is 8. The highest BCUT2D eigenvalue weighted by Crippen LogP contribution is 2.76. The first-order valence-electron chi connectivity index (χ1n) is 11.3. The van der Waals surface area contributed by atoms with Gasteiger partial charge in [0.2, 0.25) is 5.13 Å². The summed E-state index contributed by atoms with van der Waals surface area (Å²) < 4.78 is 25.9. The maximum absolute atomic E-state index is 14.8. The van der Waals surface area contributed by atoms with Crippen molar-refractivity contribution in [2.75, 3.05) is 19.0 Å².